The molecule has 1 aliphatic rings. The number of nitrogens with one attached hydrogen (secondary N) is 2. The second-order valence-electron chi connectivity index (χ2n) is 12.7. The molecule has 1 aliphatic heterocycles. The normalized spacial score (nSPS) is 14.9. The maximum atomic E-state index is 14.1. The summed E-state index contributed by atoms with van der Waals surface area (Å²) in [7, 11) is 0. The minimum Gasteiger partial charge on any atom is -0.374 e. The average Bonchev–Trinajstić information content (AvgIpc) is 3.56. The van der Waals surface area contributed by atoms with Gasteiger partial charge >= 0.3 is 0 Å². The summed E-state index contributed by atoms with van der Waals surface area (Å²) in [5.74, 6) is -1.83. The fraction of sp³-hybridized carbons (Fsp3) is 0.324. The molecule has 1 fully saturated rings. The molecule has 4 aromatic rings. The number of ketones is 1. The molecule has 2 heterocycles. The first-order chi connectivity index (χ1) is 23.5. The van der Waals surface area contributed by atoms with E-state index in [0.29, 0.717) is 31.5 Å². The first-order valence-electron chi connectivity index (χ1n) is 16.2. The van der Waals surface area contributed by atoms with E-state index in [9.17, 15) is 23.6 Å². The van der Waals surface area contributed by atoms with E-state index in [1.165, 1.54) is 44.4 Å². The summed E-state index contributed by atoms with van der Waals surface area (Å²) in [4.78, 5) is 59.3. The zero-order chi connectivity index (χ0) is 35.0. The molecular formula is C37H41FN6O5. The first-order valence-corrected chi connectivity index (χ1v) is 16.2. The molecule has 0 radical (unpaired) electrons. The van der Waals surface area contributed by atoms with Crippen molar-refractivity contribution in [1.82, 2.24) is 19.8 Å². The number of Topliss-reactive ketones (excluding diaryl/α,β-unsaturated/α-hetero) is 1. The van der Waals surface area contributed by atoms with E-state index in [-0.39, 0.29) is 36.6 Å². The Morgan fingerprint density at radius 2 is 1.59 bits per heavy atom. The van der Waals surface area contributed by atoms with Gasteiger partial charge in [0.25, 0.3) is 5.91 Å². The molecule has 3 aromatic carbocycles. The number of aromatic nitrogens is 2. The Kier molecular flexibility index (Phi) is 11.3. The van der Waals surface area contributed by atoms with E-state index in [1.807, 2.05) is 60.7 Å². The van der Waals surface area contributed by atoms with Crippen molar-refractivity contribution in [2.24, 2.45) is 11.7 Å². The van der Waals surface area contributed by atoms with Crippen molar-refractivity contribution in [3.8, 4) is 0 Å². The molecule has 0 saturated carbocycles. The van der Waals surface area contributed by atoms with E-state index in [2.05, 4.69) is 15.6 Å². The van der Waals surface area contributed by atoms with Crippen LogP contribution >= 0.6 is 0 Å². The Bertz CT molecular complexity index is 1730. The summed E-state index contributed by atoms with van der Waals surface area (Å²) < 4.78 is 20.8. The molecule has 0 spiro atoms. The van der Waals surface area contributed by atoms with Gasteiger partial charge in [-0.2, -0.15) is 0 Å². The molecule has 12 heteroatoms. The number of amides is 3. The summed E-state index contributed by atoms with van der Waals surface area (Å²) in [6.07, 6.45) is 3.99. The molecule has 2 atom stereocenters. The average molecular weight is 669 g/mol. The second-order valence-corrected chi connectivity index (χ2v) is 12.7. The van der Waals surface area contributed by atoms with Crippen molar-refractivity contribution < 1.29 is 28.3 Å². The third-order valence-corrected chi connectivity index (χ3v) is 8.41. The number of hydrogen-bond acceptors (Lipinski definition) is 7. The maximum absolute atomic E-state index is 14.1. The van der Waals surface area contributed by atoms with E-state index < -0.39 is 35.3 Å². The maximum Gasteiger partial charge on any atom is 0.250 e. The highest BCUT2D eigenvalue weighted by molar-refractivity contribution is 5.98. The van der Waals surface area contributed by atoms with Gasteiger partial charge in [0.1, 0.15) is 17.9 Å². The van der Waals surface area contributed by atoms with Crippen LogP contribution in [0.4, 0.5) is 10.2 Å². The number of likely N-dealkylation sites (tertiary alicyclic amines) is 1. The van der Waals surface area contributed by atoms with Gasteiger partial charge in [0, 0.05) is 30.8 Å². The van der Waals surface area contributed by atoms with Crippen LogP contribution in [0.5, 0.6) is 0 Å². The SMILES string of the molecule is CC(C)(N)C(=O)NC(COCc1ccccc1)C(=O)Nc1cn(C(C(=O)N2CCC(C(=O)c3ccc(F)cc3)CC2)c2ccccc2)cn1. The number of piperidine rings is 1. The van der Waals surface area contributed by atoms with Gasteiger partial charge in [-0.15, -0.1) is 0 Å². The molecule has 0 bridgehead atoms. The Hall–Kier alpha value is -5.20. The summed E-state index contributed by atoms with van der Waals surface area (Å²) in [6.45, 7) is 3.94. The quantitative estimate of drug-likeness (QED) is 0.182. The lowest BCUT2D eigenvalue weighted by Gasteiger charge is -2.34. The van der Waals surface area contributed by atoms with E-state index in [4.69, 9.17) is 10.5 Å². The number of anilines is 1. The minimum absolute atomic E-state index is 0.0586. The summed E-state index contributed by atoms with van der Waals surface area (Å²) in [5.41, 5.74) is 6.82. The Morgan fingerprint density at radius 3 is 2.22 bits per heavy atom. The summed E-state index contributed by atoms with van der Waals surface area (Å²) in [5, 5.41) is 5.40. The van der Waals surface area contributed by atoms with Crippen LogP contribution in [0, 0.1) is 11.7 Å². The van der Waals surface area contributed by atoms with Crippen LogP contribution in [0.25, 0.3) is 0 Å². The first kappa shape index (κ1) is 35.1. The number of hydrogen-bond donors (Lipinski definition) is 3. The predicted molar refractivity (Wildman–Crippen MR) is 182 cm³/mol. The zero-order valence-electron chi connectivity index (χ0n) is 27.6. The third kappa shape index (κ3) is 9.24. The number of nitrogens with zero attached hydrogens (tertiary/aromatic N) is 3. The van der Waals surface area contributed by atoms with E-state index in [1.54, 1.807) is 15.7 Å². The summed E-state index contributed by atoms with van der Waals surface area (Å²) in [6, 6.07) is 22.3. The van der Waals surface area contributed by atoms with Crippen LogP contribution in [0.1, 0.15) is 54.2 Å². The van der Waals surface area contributed by atoms with Crippen molar-refractivity contribution in [2.75, 3.05) is 25.0 Å². The Morgan fingerprint density at radius 1 is 0.959 bits per heavy atom. The van der Waals surface area contributed by atoms with Gasteiger partial charge in [0.2, 0.25) is 11.8 Å². The highest BCUT2D eigenvalue weighted by Crippen LogP contribution is 2.27. The molecule has 1 aromatic heterocycles. The van der Waals surface area contributed by atoms with Gasteiger partial charge in [0.05, 0.1) is 25.1 Å². The number of halogens is 1. The minimum atomic E-state index is -1.23. The van der Waals surface area contributed by atoms with Crippen molar-refractivity contribution >= 4 is 29.3 Å². The van der Waals surface area contributed by atoms with Crippen molar-refractivity contribution in [3.05, 3.63) is 120 Å². The molecule has 4 N–H and O–H groups in total. The molecular weight excluding hydrogens is 627 g/mol. The predicted octanol–water partition coefficient (Wildman–Crippen LogP) is 4.11. The molecule has 5 rings (SSSR count). The number of rotatable bonds is 13. The van der Waals surface area contributed by atoms with Crippen LogP contribution in [0.2, 0.25) is 0 Å². The molecule has 0 aliphatic carbocycles. The Labute approximate surface area is 284 Å². The van der Waals surface area contributed by atoms with Gasteiger partial charge in [-0.1, -0.05) is 60.7 Å². The highest BCUT2D eigenvalue weighted by atomic mass is 19.1. The van der Waals surface area contributed by atoms with Gasteiger partial charge in [-0.3, -0.25) is 19.2 Å². The van der Waals surface area contributed by atoms with Gasteiger partial charge < -0.3 is 30.6 Å². The lowest BCUT2D eigenvalue weighted by atomic mass is 9.88. The van der Waals surface area contributed by atoms with Crippen LogP contribution in [0.3, 0.4) is 0 Å². The number of nitrogens with two attached hydrogens (primary N) is 1. The number of imidazole rings is 1. The molecule has 256 valence electrons. The topological polar surface area (TPSA) is 149 Å². The molecule has 2 unspecified atom stereocenters. The zero-order valence-corrected chi connectivity index (χ0v) is 27.6. The number of carbonyl (C=O) groups excluding carboxylic acids is 4. The van der Waals surface area contributed by atoms with Gasteiger partial charge in [0.15, 0.2) is 11.6 Å². The highest BCUT2D eigenvalue weighted by Gasteiger charge is 2.33. The van der Waals surface area contributed by atoms with Crippen LogP contribution in [0.15, 0.2) is 97.5 Å². The monoisotopic (exact) mass is 668 g/mol. The van der Waals surface area contributed by atoms with Crippen molar-refractivity contribution in [3.63, 3.8) is 0 Å². The summed E-state index contributed by atoms with van der Waals surface area (Å²) >= 11 is 0. The molecule has 3 amide bonds. The second kappa shape index (κ2) is 15.8. The third-order valence-electron chi connectivity index (χ3n) is 8.41. The standard InChI is InChI=1S/C37H41FN6O5/c1-37(2,39)36(48)41-30(23-49-22-25-9-5-3-6-10-25)34(46)42-31-21-44(24-40-31)32(26-11-7-4-8-12-26)35(47)43-19-17-28(18-20-43)33(45)27-13-15-29(38)16-14-27/h3-16,21,24,28,30,32H,17-20,22-23,39H2,1-2H3,(H,41,48)(H,42,46). The Balaban J connectivity index is 1.27. The van der Waals surface area contributed by atoms with Crippen molar-refractivity contribution in [1.29, 1.82) is 0 Å². The van der Waals surface area contributed by atoms with Crippen LogP contribution < -0.4 is 16.4 Å². The van der Waals surface area contributed by atoms with Crippen LogP contribution in [-0.4, -0.2) is 69.2 Å². The lowest BCUT2D eigenvalue weighted by Crippen LogP contribution is -2.56. The fourth-order valence-electron chi connectivity index (χ4n) is 5.61. The number of benzene rings is 3. The molecule has 1 saturated heterocycles. The van der Waals surface area contributed by atoms with Gasteiger partial charge in [-0.25, -0.2) is 9.37 Å². The lowest BCUT2D eigenvalue weighted by molar-refractivity contribution is -0.134. The van der Waals surface area contributed by atoms with E-state index in [0.717, 1.165) is 11.1 Å². The largest absolute Gasteiger partial charge is 0.374 e. The molecule has 49 heavy (non-hydrogen) atoms. The van der Waals surface area contributed by atoms with Crippen LogP contribution in [-0.2, 0) is 25.7 Å². The smallest absolute Gasteiger partial charge is 0.250 e. The number of carbonyl (C=O) groups is 4. The number of ether oxygens (including phenoxy) is 1. The van der Waals surface area contributed by atoms with Crippen molar-refractivity contribution in [2.45, 2.75) is 50.9 Å². The molecule has 11 nitrogen and oxygen atoms in total. The van der Waals surface area contributed by atoms with E-state index >= 15 is 0 Å². The van der Waals surface area contributed by atoms with Gasteiger partial charge in [-0.05, 0) is 62.1 Å². The fourth-order valence-corrected chi connectivity index (χ4v) is 5.61.